The molecule has 2 aromatic rings. The van der Waals surface area contributed by atoms with Crippen LogP contribution in [0, 0.1) is 18.6 Å². The summed E-state index contributed by atoms with van der Waals surface area (Å²) in [6.07, 6.45) is 1.29. The number of nitrogens with one attached hydrogen (secondary N) is 1. The van der Waals surface area contributed by atoms with Gasteiger partial charge >= 0.3 is 0 Å². The number of nitrogens with zero attached hydrogens (tertiary/aromatic N) is 4. The fraction of sp³-hybridized carbons (Fsp3) is 0.625. The fourth-order valence-electron chi connectivity index (χ4n) is 3.37. The van der Waals surface area contributed by atoms with Crippen molar-refractivity contribution in [2.45, 2.75) is 52.7 Å². The molecule has 3 rings (SSSR count). The number of fused-ring (bicyclic) bond motifs is 1. The van der Waals surface area contributed by atoms with Crippen LogP contribution in [0.1, 0.15) is 37.2 Å². The Hall–Kier alpha value is -1.80. The molecule has 7 nitrogen and oxygen atoms in total. The summed E-state index contributed by atoms with van der Waals surface area (Å²) in [5.74, 6) is 0.732. The van der Waals surface area contributed by atoms with Crippen molar-refractivity contribution >= 4 is 23.9 Å². The van der Waals surface area contributed by atoms with Gasteiger partial charge in [-0.25, -0.2) is 9.50 Å². The number of ether oxygens (including phenoxy) is 1. The maximum absolute atomic E-state index is 12.6. The minimum atomic E-state index is 0.0882. The largest absolute Gasteiger partial charge is 0.372 e. The van der Waals surface area contributed by atoms with E-state index in [2.05, 4.69) is 15.1 Å². The third-order valence-electron chi connectivity index (χ3n) is 4.45. The summed E-state index contributed by atoms with van der Waals surface area (Å²) in [5, 5.41) is 3.00. The molecular weight excluding hydrogens is 326 g/mol. The van der Waals surface area contributed by atoms with Crippen LogP contribution in [0.25, 0.3) is 5.78 Å². The zero-order chi connectivity index (χ0) is 17.4. The second kappa shape index (κ2) is 6.60. The number of hydrogen-bond acceptors (Lipinski definition) is 5. The Morgan fingerprint density at radius 1 is 1.29 bits per heavy atom. The highest BCUT2D eigenvalue weighted by molar-refractivity contribution is 7.71. The molecule has 0 radical (unpaired) electrons. The van der Waals surface area contributed by atoms with Crippen molar-refractivity contribution in [3.63, 3.8) is 0 Å². The summed E-state index contributed by atoms with van der Waals surface area (Å²) >= 11 is 5.07. The summed E-state index contributed by atoms with van der Waals surface area (Å²) in [7, 11) is 0. The number of aromatic nitrogens is 4. The van der Waals surface area contributed by atoms with Gasteiger partial charge in [-0.1, -0.05) is 0 Å². The molecule has 0 saturated carbocycles. The predicted molar refractivity (Wildman–Crippen MR) is 92.6 cm³/mol. The summed E-state index contributed by atoms with van der Waals surface area (Å²) in [5.41, 5.74) is 2.96. The number of hydrogen-bond donors (Lipinski definition) is 1. The first-order chi connectivity index (χ1) is 11.3. The molecule has 0 spiro atoms. The predicted octanol–water partition coefficient (Wildman–Crippen LogP) is 1.97. The number of rotatable bonds is 3. The number of amides is 1. The van der Waals surface area contributed by atoms with Crippen LogP contribution in [-0.2, 0) is 16.0 Å². The molecular formula is C16H23N5O2S. The lowest BCUT2D eigenvalue weighted by Gasteiger charge is -2.35. The van der Waals surface area contributed by atoms with Crippen molar-refractivity contribution in [1.82, 2.24) is 24.5 Å². The molecule has 3 heterocycles. The molecule has 0 aromatic carbocycles. The first-order valence-electron chi connectivity index (χ1n) is 8.23. The van der Waals surface area contributed by atoms with Gasteiger partial charge in [0.2, 0.25) is 10.7 Å². The van der Waals surface area contributed by atoms with Gasteiger partial charge in [-0.2, -0.15) is 4.98 Å². The van der Waals surface area contributed by atoms with Gasteiger partial charge in [0.05, 0.1) is 12.2 Å². The van der Waals surface area contributed by atoms with Gasteiger partial charge in [-0.15, -0.1) is 0 Å². The lowest BCUT2D eigenvalue weighted by Crippen LogP contribution is -2.48. The Morgan fingerprint density at radius 2 is 1.96 bits per heavy atom. The van der Waals surface area contributed by atoms with Crippen LogP contribution in [0.2, 0.25) is 0 Å². The molecule has 1 aliphatic heterocycles. The van der Waals surface area contributed by atoms with Crippen LogP contribution in [-0.4, -0.2) is 55.7 Å². The average molecular weight is 349 g/mol. The SMILES string of the molecule is Cc1nc2nc(=S)[nH]n2c(C)c1CCC(=O)N1C[C@@H](C)O[C@@H](C)C1. The minimum Gasteiger partial charge on any atom is -0.372 e. The monoisotopic (exact) mass is 349 g/mol. The van der Waals surface area contributed by atoms with Gasteiger partial charge in [0.15, 0.2) is 0 Å². The summed E-state index contributed by atoms with van der Waals surface area (Å²) < 4.78 is 7.89. The van der Waals surface area contributed by atoms with Crippen LogP contribution in [0.4, 0.5) is 0 Å². The van der Waals surface area contributed by atoms with E-state index < -0.39 is 0 Å². The van der Waals surface area contributed by atoms with Crippen LogP contribution in [0.3, 0.4) is 0 Å². The molecule has 1 saturated heterocycles. The van der Waals surface area contributed by atoms with E-state index in [0.29, 0.717) is 36.5 Å². The van der Waals surface area contributed by atoms with Crippen LogP contribution in [0.5, 0.6) is 0 Å². The van der Waals surface area contributed by atoms with Crippen molar-refractivity contribution in [2.75, 3.05) is 13.1 Å². The zero-order valence-electron chi connectivity index (χ0n) is 14.5. The van der Waals surface area contributed by atoms with E-state index in [-0.39, 0.29) is 18.1 Å². The third kappa shape index (κ3) is 3.34. The van der Waals surface area contributed by atoms with Crippen molar-refractivity contribution in [3.05, 3.63) is 21.7 Å². The van der Waals surface area contributed by atoms with E-state index in [4.69, 9.17) is 17.0 Å². The van der Waals surface area contributed by atoms with E-state index in [1.165, 1.54) is 0 Å². The quantitative estimate of drug-likeness (QED) is 0.858. The maximum atomic E-state index is 12.6. The molecule has 0 unspecified atom stereocenters. The van der Waals surface area contributed by atoms with Gasteiger partial charge < -0.3 is 9.64 Å². The maximum Gasteiger partial charge on any atom is 0.252 e. The number of carbonyl (C=O) groups is 1. The second-order valence-corrected chi connectivity index (χ2v) is 6.87. The van der Waals surface area contributed by atoms with E-state index in [9.17, 15) is 4.79 Å². The van der Waals surface area contributed by atoms with Gasteiger partial charge in [-0.05, 0) is 51.9 Å². The first-order valence-corrected chi connectivity index (χ1v) is 8.64. The lowest BCUT2D eigenvalue weighted by molar-refractivity contribution is -0.143. The van der Waals surface area contributed by atoms with Gasteiger partial charge in [0.1, 0.15) is 0 Å². The standard InChI is InChI=1S/C16H23N5O2S/c1-9-7-20(8-10(2)23-9)14(22)6-5-13-11(3)17-15-18-16(24)19-21(15)12(13)4/h9-10H,5-8H2,1-4H3,(H,19,24)/t9-,10+. The summed E-state index contributed by atoms with van der Waals surface area (Å²) in [6.45, 7) is 9.27. The highest BCUT2D eigenvalue weighted by atomic mass is 32.1. The Labute approximate surface area is 146 Å². The number of H-pyrrole nitrogens is 1. The van der Waals surface area contributed by atoms with Gasteiger partial charge in [-0.3, -0.25) is 9.89 Å². The third-order valence-corrected chi connectivity index (χ3v) is 4.63. The molecule has 1 N–H and O–H groups in total. The first kappa shape index (κ1) is 17.0. The molecule has 1 aliphatic rings. The lowest BCUT2D eigenvalue weighted by atomic mass is 10.1. The minimum absolute atomic E-state index is 0.0882. The van der Waals surface area contributed by atoms with Crippen LogP contribution < -0.4 is 0 Å². The number of morpholine rings is 1. The van der Waals surface area contributed by atoms with Crippen molar-refractivity contribution in [3.8, 4) is 0 Å². The van der Waals surface area contributed by atoms with Crippen molar-refractivity contribution in [1.29, 1.82) is 0 Å². The molecule has 24 heavy (non-hydrogen) atoms. The molecule has 2 aromatic heterocycles. The normalized spacial score (nSPS) is 21.4. The van der Waals surface area contributed by atoms with Gasteiger partial charge in [0.25, 0.3) is 5.78 Å². The average Bonchev–Trinajstić information content (AvgIpc) is 2.86. The molecule has 1 fully saturated rings. The Morgan fingerprint density at radius 3 is 2.62 bits per heavy atom. The fourth-order valence-corrected chi connectivity index (χ4v) is 3.54. The smallest absolute Gasteiger partial charge is 0.252 e. The van der Waals surface area contributed by atoms with E-state index in [1.807, 2.05) is 32.6 Å². The van der Waals surface area contributed by atoms with E-state index in [1.54, 1.807) is 4.52 Å². The number of aromatic amines is 1. The molecule has 8 heteroatoms. The van der Waals surface area contributed by atoms with Crippen LogP contribution >= 0.6 is 12.2 Å². The molecule has 1 amide bonds. The number of aryl methyl sites for hydroxylation is 2. The number of carbonyl (C=O) groups excluding carboxylic acids is 1. The summed E-state index contributed by atoms with van der Waals surface area (Å²) in [4.78, 5) is 23.1. The van der Waals surface area contributed by atoms with Gasteiger partial charge in [0, 0.05) is 30.9 Å². The van der Waals surface area contributed by atoms with Crippen molar-refractivity contribution in [2.24, 2.45) is 0 Å². The van der Waals surface area contributed by atoms with E-state index in [0.717, 1.165) is 17.0 Å². The van der Waals surface area contributed by atoms with Crippen molar-refractivity contribution < 1.29 is 9.53 Å². The highest BCUT2D eigenvalue weighted by Crippen LogP contribution is 2.17. The summed E-state index contributed by atoms with van der Waals surface area (Å²) in [6, 6.07) is 0. The highest BCUT2D eigenvalue weighted by Gasteiger charge is 2.25. The molecule has 0 bridgehead atoms. The topological polar surface area (TPSA) is 75.5 Å². The Balaban J connectivity index is 1.75. The Bertz CT molecular complexity index is 818. The zero-order valence-corrected chi connectivity index (χ0v) is 15.3. The van der Waals surface area contributed by atoms with E-state index >= 15 is 0 Å². The second-order valence-electron chi connectivity index (χ2n) is 6.48. The Kier molecular flexibility index (Phi) is 4.69. The molecule has 0 aliphatic carbocycles. The van der Waals surface area contributed by atoms with Crippen LogP contribution in [0.15, 0.2) is 0 Å². The molecule has 130 valence electrons. The molecule has 2 atom stereocenters.